The molecule has 0 amide bonds. The minimum Gasteiger partial charge on any atom is -0.387 e. The zero-order valence-corrected chi connectivity index (χ0v) is 10.2. The van der Waals surface area contributed by atoms with E-state index in [1.807, 2.05) is 31.3 Å². The van der Waals surface area contributed by atoms with Crippen LogP contribution in [0.2, 0.25) is 0 Å². The van der Waals surface area contributed by atoms with Crippen LogP contribution >= 0.6 is 0 Å². The molecule has 0 fully saturated rings. The SMILES string of the molecule is CNc1ccccc1-c1nc(-c2cnccn2)no1. The molecule has 3 rings (SSSR count). The lowest BCUT2D eigenvalue weighted by Crippen LogP contribution is -1.91. The van der Waals surface area contributed by atoms with Gasteiger partial charge in [0.1, 0.15) is 5.69 Å². The number of rotatable bonds is 3. The highest BCUT2D eigenvalue weighted by atomic mass is 16.5. The second kappa shape index (κ2) is 4.85. The second-order valence-corrected chi connectivity index (χ2v) is 3.81. The normalized spacial score (nSPS) is 10.4. The summed E-state index contributed by atoms with van der Waals surface area (Å²) in [6.07, 6.45) is 4.78. The molecule has 0 spiro atoms. The summed E-state index contributed by atoms with van der Waals surface area (Å²) >= 11 is 0. The minimum absolute atomic E-state index is 0.425. The van der Waals surface area contributed by atoms with E-state index in [0.29, 0.717) is 17.4 Å². The average molecular weight is 253 g/mol. The highest BCUT2D eigenvalue weighted by Gasteiger charge is 2.13. The van der Waals surface area contributed by atoms with Gasteiger partial charge in [0.25, 0.3) is 5.89 Å². The average Bonchev–Trinajstić information content (AvgIpc) is 2.98. The van der Waals surface area contributed by atoms with E-state index in [1.165, 1.54) is 0 Å². The molecule has 2 aromatic heterocycles. The molecule has 0 radical (unpaired) electrons. The summed E-state index contributed by atoms with van der Waals surface area (Å²) in [7, 11) is 1.85. The van der Waals surface area contributed by atoms with Crippen molar-refractivity contribution < 1.29 is 4.52 Å². The first-order chi connectivity index (χ1) is 9.38. The molecule has 0 bridgehead atoms. The van der Waals surface area contributed by atoms with Crippen LogP contribution in [0.3, 0.4) is 0 Å². The van der Waals surface area contributed by atoms with Gasteiger partial charge in [0, 0.05) is 25.1 Å². The van der Waals surface area contributed by atoms with E-state index in [-0.39, 0.29) is 0 Å². The Balaban J connectivity index is 2.02. The Bertz CT molecular complexity index is 680. The van der Waals surface area contributed by atoms with E-state index in [0.717, 1.165) is 11.3 Å². The summed E-state index contributed by atoms with van der Waals surface area (Å²) in [4.78, 5) is 12.5. The number of aromatic nitrogens is 4. The molecule has 0 saturated carbocycles. The number of hydrogen-bond donors (Lipinski definition) is 1. The fourth-order valence-corrected chi connectivity index (χ4v) is 1.74. The maximum Gasteiger partial charge on any atom is 0.260 e. The van der Waals surface area contributed by atoms with Gasteiger partial charge in [-0.3, -0.25) is 4.98 Å². The van der Waals surface area contributed by atoms with E-state index in [2.05, 4.69) is 25.4 Å². The summed E-state index contributed by atoms with van der Waals surface area (Å²) in [6.45, 7) is 0. The monoisotopic (exact) mass is 253 g/mol. The lowest BCUT2D eigenvalue weighted by atomic mass is 10.2. The van der Waals surface area contributed by atoms with Gasteiger partial charge in [-0.25, -0.2) is 4.98 Å². The Morgan fingerprint density at radius 3 is 2.84 bits per heavy atom. The van der Waals surface area contributed by atoms with Gasteiger partial charge in [0.05, 0.1) is 11.8 Å². The van der Waals surface area contributed by atoms with Crippen molar-refractivity contribution in [3.05, 3.63) is 42.9 Å². The van der Waals surface area contributed by atoms with Crippen molar-refractivity contribution in [1.29, 1.82) is 0 Å². The first-order valence-corrected chi connectivity index (χ1v) is 5.76. The zero-order chi connectivity index (χ0) is 13.1. The minimum atomic E-state index is 0.425. The number of nitrogens with zero attached hydrogens (tertiary/aromatic N) is 4. The third kappa shape index (κ3) is 2.15. The molecule has 0 aliphatic heterocycles. The van der Waals surface area contributed by atoms with Gasteiger partial charge in [0.2, 0.25) is 5.82 Å². The number of anilines is 1. The summed E-state index contributed by atoms with van der Waals surface area (Å²) in [5.41, 5.74) is 2.36. The van der Waals surface area contributed by atoms with Gasteiger partial charge in [0.15, 0.2) is 0 Å². The Hall–Kier alpha value is -2.76. The zero-order valence-electron chi connectivity index (χ0n) is 10.2. The van der Waals surface area contributed by atoms with Crippen molar-refractivity contribution in [2.45, 2.75) is 0 Å². The quantitative estimate of drug-likeness (QED) is 0.771. The van der Waals surface area contributed by atoms with Crippen molar-refractivity contribution in [2.75, 3.05) is 12.4 Å². The molecule has 6 nitrogen and oxygen atoms in total. The van der Waals surface area contributed by atoms with Crippen LogP contribution in [0.1, 0.15) is 0 Å². The van der Waals surface area contributed by atoms with Crippen LogP contribution in [-0.4, -0.2) is 27.2 Å². The second-order valence-electron chi connectivity index (χ2n) is 3.81. The molecule has 0 atom stereocenters. The predicted molar refractivity (Wildman–Crippen MR) is 70.3 cm³/mol. The molecule has 1 aromatic carbocycles. The number of para-hydroxylation sites is 1. The van der Waals surface area contributed by atoms with Gasteiger partial charge in [-0.2, -0.15) is 4.98 Å². The van der Waals surface area contributed by atoms with Crippen LogP contribution in [0, 0.1) is 0 Å². The lowest BCUT2D eigenvalue weighted by molar-refractivity contribution is 0.432. The first-order valence-electron chi connectivity index (χ1n) is 5.76. The molecule has 2 heterocycles. The van der Waals surface area contributed by atoms with Crippen molar-refractivity contribution >= 4 is 5.69 Å². The molecule has 3 aromatic rings. The van der Waals surface area contributed by atoms with Gasteiger partial charge in [-0.05, 0) is 12.1 Å². The van der Waals surface area contributed by atoms with Crippen LogP contribution in [0.25, 0.3) is 23.0 Å². The van der Waals surface area contributed by atoms with E-state index in [4.69, 9.17) is 4.52 Å². The van der Waals surface area contributed by atoms with Crippen molar-refractivity contribution in [1.82, 2.24) is 20.1 Å². The molecule has 0 aliphatic carbocycles. The molecule has 0 saturated heterocycles. The van der Waals surface area contributed by atoms with Crippen LogP contribution < -0.4 is 5.32 Å². The summed E-state index contributed by atoms with van der Waals surface area (Å²) < 4.78 is 5.28. The molecule has 1 N–H and O–H groups in total. The Morgan fingerprint density at radius 1 is 1.16 bits per heavy atom. The maximum absolute atomic E-state index is 5.28. The standard InChI is InChI=1S/C13H11N5O/c1-14-10-5-3-2-4-9(10)13-17-12(18-19-13)11-8-15-6-7-16-11/h2-8,14H,1H3. The van der Waals surface area contributed by atoms with E-state index >= 15 is 0 Å². The maximum atomic E-state index is 5.28. The topological polar surface area (TPSA) is 76.7 Å². The first kappa shape index (κ1) is 11.3. The number of nitrogens with one attached hydrogen (secondary N) is 1. The summed E-state index contributed by atoms with van der Waals surface area (Å²) in [6, 6.07) is 7.72. The Kier molecular flexibility index (Phi) is 2.89. The summed E-state index contributed by atoms with van der Waals surface area (Å²) in [5, 5.41) is 7.01. The third-order valence-corrected chi connectivity index (χ3v) is 2.65. The molecular weight excluding hydrogens is 242 g/mol. The molecule has 0 unspecified atom stereocenters. The predicted octanol–water partition coefficient (Wildman–Crippen LogP) is 2.24. The van der Waals surface area contributed by atoms with Gasteiger partial charge < -0.3 is 9.84 Å². The Morgan fingerprint density at radius 2 is 2.05 bits per heavy atom. The van der Waals surface area contributed by atoms with Crippen molar-refractivity contribution in [3.8, 4) is 23.0 Å². The number of benzene rings is 1. The molecule has 19 heavy (non-hydrogen) atoms. The fraction of sp³-hybridized carbons (Fsp3) is 0.0769. The highest BCUT2D eigenvalue weighted by molar-refractivity contribution is 5.72. The fourth-order valence-electron chi connectivity index (χ4n) is 1.74. The van der Waals surface area contributed by atoms with Crippen LogP contribution in [0.15, 0.2) is 47.4 Å². The van der Waals surface area contributed by atoms with Crippen LogP contribution in [-0.2, 0) is 0 Å². The third-order valence-electron chi connectivity index (χ3n) is 2.65. The van der Waals surface area contributed by atoms with E-state index in [9.17, 15) is 0 Å². The van der Waals surface area contributed by atoms with Crippen molar-refractivity contribution in [3.63, 3.8) is 0 Å². The van der Waals surface area contributed by atoms with Crippen LogP contribution in [0.5, 0.6) is 0 Å². The highest BCUT2D eigenvalue weighted by Crippen LogP contribution is 2.27. The molecule has 0 aliphatic rings. The number of hydrogen-bond acceptors (Lipinski definition) is 6. The largest absolute Gasteiger partial charge is 0.387 e. The van der Waals surface area contributed by atoms with Crippen molar-refractivity contribution in [2.24, 2.45) is 0 Å². The molecule has 94 valence electrons. The molecule has 6 heteroatoms. The molecular formula is C13H11N5O. The van der Waals surface area contributed by atoms with Crippen LogP contribution in [0.4, 0.5) is 5.69 Å². The smallest absolute Gasteiger partial charge is 0.260 e. The Labute approximate surface area is 109 Å². The van der Waals surface area contributed by atoms with Gasteiger partial charge in [-0.1, -0.05) is 17.3 Å². The summed E-state index contributed by atoms with van der Waals surface area (Å²) in [5.74, 6) is 0.875. The van der Waals surface area contributed by atoms with Gasteiger partial charge >= 0.3 is 0 Å². The van der Waals surface area contributed by atoms with Gasteiger partial charge in [-0.15, -0.1) is 0 Å². The van der Waals surface area contributed by atoms with E-state index in [1.54, 1.807) is 18.6 Å². The lowest BCUT2D eigenvalue weighted by Gasteiger charge is -2.03. The van der Waals surface area contributed by atoms with E-state index < -0.39 is 0 Å².